The zero-order valence-electron chi connectivity index (χ0n) is 46.8. The first-order valence-electron chi connectivity index (χ1n) is 28.7. The van der Waals surface area contributed by atoms with Gasteiger partial charge in [-0.05, 0) is 196 Å². The summed E-state index contributed by atoms with van der Waals surface area (Å²) in [4.78, 5) is 49.9. The van der Waals surface area contributed by atoms with Gasteiger partial charge in [-0.25, -0.2) is 14.2 Å². The quantitative estimate of drug-likeness (QED) is 0.0495. The van der Waals surface area contributed by atoms with Crippen molar-refractivity contribution < 1.29 is 44.7 Å². The number of thiol groups is 1. The minimum Gasteiger partial charge on any atom is -0.479 e. The fourth-order valence-electron chi connectivity index (χ4n) is 17.8. The molecule has 4 aromatic rings. The highest BCUT2D eigenvalue weighted by Gasteiger charge is 2.70. The molecule has 15 nitrogen and oxygen atoms in total. The van der Waals surface area contributed by atoms with E-state index in [0.29, 0.717) is 49.9 Å². The van der Waals surface area contributed by atoms with Gasteiger partial charge in [0, 0.05) is 46.6 Å². The van der Waals surface area contributed by atoms with Crippen LogP contribution in [-0.2, 0) is 22.4 Å². The van der Waals surface area contributed by atoms with E-state index < -0.39 is 45.3 Å². The van der Waals surface area contributed by atoms with Crippen molar-refractivity contribution in [2.24, 2.45) is 57.2 Å². The number of aliphatic hydroxyl groups excluding tert-OH is 2. The van der Waals surface area contributed by atoms with Gasteiger partial charge in [-0.3, -0.25) is 14.4 Å². The second kappa shape index (κ2) is 21.2. The fourth-order valence-corrected chi connectivity index (χ4v) is 18.8. The summed E-state index contributed by atoms with van der Waals surface area (Å²) in [5, 5.41) is 70.8. The molecule has 428 valence electrons. The van der Waals surface area contributed by atoms with Gasteiger partial charge in [0.25, 0.3) is 11.8 Å². The lowest BCUT2D eigenvalue weighted by molar-refractivity contribution is -0.193. The topological polar surface area (TPSA) is 229 Å². The number of aliphatic hydroxyl groups is 4. The maximum atomic E-state index is 12.7. The van der Waals surface area contributed by atoms with Gasteiger partial charge >= 0.3 is 5.97 Å². The van der Waals surface area contributed by atoms with Crippen molar-refractivity contribution in [2.45, 2.75) is 128 Å². The summed E-state index contributed by atoms with van der Waals surface area (Å²) in [7, 11) is 0. The standard InChI is InChI=1S/C31H39N3O5S.C31H39N3O4S2/c1-29-15-19-17-33-34(21-6-4-5-18(13-21)27(36)32-11-12-40-3)24(19)14-20(29)7-8-22-23-9-10-31(39,28(37)38)30(23,2)16-25(35)26(22)29;1-29-15-19-17-33-34(21-6-4-5-18(13-21)27(36)32-11-12-40-3)24(19)14-20(29)7-8-22-23-9-10-31(38,28(37)39)30(23,2)16-25(35)26(22)29/h4-6,13-14,17,22-23,25-26,35,39H,7-12,15-16H2,1-3H3,(H,32,36)(H,37,38);4-6,13-14,17,22-23,25-26,35,38H,7-12,15-16H2,1-3H3,(H,32,36)(H,37,39)/t2*22-,23-,25-,26+,29-,30-,31-/m00/s1. The summed E-state index contributed by atoms with van der Waals surface area (Å²) in [6.45, 7) is 9.66. The summed E-state index contributed by atoms with van der Waals surface area (Å²) in [6, 6.07) is 15.1. The predicted octanol–water partition coefficient (Wildman–Crippen LogP) is 8.24. The largest absolute Gasteiger partial charge is 0.479 e. The van der Waals surface area contributed by atoms with Crippen molar-refractivity contribution in [1.29, 1.82) is 0 Å². The van der Waals surface area contributed by atoms with Gasteiger partial charge < -0.3 is 36.2 Å². The smallest absolute Gasteiger partial charge is 0.336 e. The number of nitrogens with zero attached hydrogens (tertiary/aromatic N) is 4. The number of fused-ring (bicyclic) bond motifs is 12. The first-order chi connectivity index (χ1) is 38.1. The van der Waals surface area contributed by atoms with E-state index in [9.17, 15) is 44.7 Å². The van der Waals surface area contributed by atoms with Crippen LogP contribution in [0.1, 0.15) is 135 Å². The van der Waals surface area contributed by atoms with Gasteiger partial charge in [0.2, 0.25) is 5.12 Å². The lowest BCUT2D eigenvalue weighted by Gasteiger charge is -2.60. The van der Waals surface area contributed by atoms with E-state index in [1.54, 1.807) is 23.5 Å². The van der Waals surface area contributed by atoms with Crippen LogP contribution in [0.5, 0.6) is 0 Å². The fraction of sp³-hybridized carbons (Fsp3) is 0.581. The summed E-state index contributed by atoms with van der Waals surface area (Å²) in [5.41, 5.74) is 4.54. The molecule has 80 heavy (non-hydrogen) atoms. The molecular weight excluding hydrogens is 1070 g/mol. The second-order valence-corrected chi connectivity index (χ2v) is 27.9. The van der Waals surface area contributed by atoms with Gasteiger partial charge in [0.1, 0.15) is 5.60 Å². The molecule has 0 unspecified atom stereocenters. The van der Waals surface area contributed by atoms with E-state index in [1.807, 2.05) is 96.6 Å². The van der Waals surface area contributed by atoms with Crippen LogP contribution in [0.2, 0.25) is 0 Å². The number of carbonyl (C=O) groups excluding carboxylic acids is 3. The van der Waals surface area contributed by atoms with Crippen LogP contribution >= 0.6 is 36.2 Å². The Morgan fingerprint density at radius 1 is 0.662 bits per heavy atom. The highest BCUT2D eigenvalue weighted by atomic mass is 32.2. The first kappa shape index (κ1) is 57.1. The number of rotatable bonds is 12. The van der Waals surface area contributed by atoms with Crippen LogP contribution in [0.4, 0.5) is 0 Å². The molecular formula is C62H78N6O9S3. The number of amides is 2. The number of nitrogens with one attached hydrogen (secondary N) is 2. The minimum atomic E-state index is -1.79. The van der Waals surface area contributed by atoms with E-state index in [-0.39, 0.29) is 64.6 Å². The molecule has 2 heterocycles. The number of benzene rings is 2. The normalized spacial score (nSPS) is 36.1. The average Bonchev–Trinajstić information content (AvgIpc) is 4.28. The van der Waals surface area contributed by atoms with Crippen molar-refractivity contribution in [3.05, 3.63) is 106 Å². The Kier molecular flexibility index (Phi) is 15.1. The molecule has 2 aromatic heterocycles. The van der Waals surface area contributed by atoms with Crippen molar-refractivity contribution in [3.8, 4) is 11.4 Å². The summed E-state index contributed by atoms with van der Waals surface area (Å²) in [5.74, 6) is 1.05. The van der Waals surface area contributed by atoms with Crippen molar-refractivity contribution >= 4 is 71.2 Å². The van der Waals surface area contributed by atoms with Crippen LogP contribution in [0.15, 0.2) is 72.1 Å². The van der Waals surface area contributed by atoms with Crippen LogP contribution in [0, 0.1) is 57.2 Å². The maximum Gasteiger partial charge on any atom is 0.336 e. The molecule has 2 amide bonds. The van der Waals surface area contributed by atoms with E-state index in [0.717, 1.165) is 90.3 Å². The molecule has 6 saturated carbocycles. The number of carboxylic acid groups (broad SMARTS) is 1. The average molecular weight is 1150 g/mol. The van der Waals surface area contributed by atoms with Crippen LogP contribution in [-0.4, -0.2) is 129 Å². The number of aromatic nitrogens is 4. The third-order valence-electron chi connectivity index (χ3n) is 21.8. The Balaban J connectivity index is 0.000000169. The predicted molar refractivity (Wildman–Crippen MR) is 315 cm³/mol. The second-order valence-electron chi connectivity index (χ2n) is 25.5. The molecule has 14 atom stereocenters. The maximum absolute atomic E-state index is 12.7. The molecule has 0 bridgehead atoms. The van der Waals surface area contributed by atoms with E-state index >= 15 is 0 Å². The summed E-state index contributed by atoms with van der Waals surface area (Å²) < 4.78 is 3.83. The molecule has 8 aliphatic rings. The van der Waals surface area contributed by atoms with Gasteiger partial charge in [-0.15, -0.1) is 12.6 Å². The molecule has 2 aromatic carbocycles. The number of allylic oxidation sites excluding steroid dienone is 2. The van der Waals surface area contributed by atoms with E-state index in [1.165, 1.54) is 11.1 Å². The first-order valence-corrected chi connectivity index (χ1v) is 31.9. The van der Waals surface area contributed by atoms with Crippen molar-refractivity contribution in [2.75, 3.05) is 37.1 Å². The number of hydrogen-bond acceptors (Lipinski definition) is 12. The van der Waals surface area contributed by atoms with Crippen molar-refractivity contribution in [3.63, 3.8) is 0 Å². The zero-order valence-corrected chi connectivity index (χ0v) is 49.3. The number of carboxylic acids is 1. The molecule has 0 radical (unpaired) electrons. The Morgan fingerprint density at radius 3 is 1.50 bits per heavy atom. The monoisotopic (exact) mass is 1150 g/mol. The van der Waals surface area contributed by atoms with Gasteiger partial charge in [-0.1, -0.05) is 51.0 Å². The number of hydrogen-bond donors (Lipinski definition) is 8. The molecule has 18 heteroatoms. The number of carbonyl (C=O) groups is 4. The third-order valence-corrected chi connectivity index (χ3v) is 23.3. The Labute approximate surface area is 483 Å². The number of aliphatic carboxylic acids is 1. The Hall–Kier alpha value is -4.69. The molecule has 7 N–H and O–H groups in total. The lowest BCUT2D eigenvalue weighted by Crippen LogP contribution is -2.61. The van der Waals surface area contributed by atoms with Crippen molar-refractivity contribution in [1.82, 2.24) is 30.2 Å². The SMILES string of the molecule is CSCCNC(=O)c1cccc(-n2ncc3c2C=C2CC[C@@H]4[C@H]([C@@H](O)C[C@@]5(C)[C@H]4CC[C@]5(O)C(=O)O)[C@@]2(C)C3)c1.CSCCNC(=O)c1cccc(-n2ncc3c2C=C2CC[C@@H]4[C@H]([C@@H](O)C[C@@]5(C)[C@H]4CC[C@]5(O)C(=O)S)[C@@]2(C)C3)c1. The molecule has 8 aliphatic carbocycles. The summed E-state index contributed by atoms with van der Waals surface area (Å²) in [6.07, 6.45) is 19.0. The molecule has 6 fully saturated rings. The highest BCUT2D eigenvalue weighted by Crippen LogP contribution is 2.69. The summed E-state index contributed by atoms with van der Waals surface area (Å²) >= 11 is 7.46. The lowest BCUT2D eigenvalue weighted by atomic mass is 9.45. The number of thioether (sulfide) groups is 2. The van der Waals surface area contributed by atoms with E-state index in [4.69, 9.17) is 10.2 Å². The Bertz CT molecular complexity index is 2990. The zero-order chi connectivity index (χ0) is 56.9. The van der Waals surface area contributed by atoms with Gasteiger partial charge in [0.15, 0.2) is 5.60 Å². The molecule has 0 saturated heterocycles. The van der Waals surface area contributed by atoms with Crippen LogP contribution in [0.25, 0.3) is 23.5 Å². The third kappa shape index (κ3) is 8.92. The Morgan fingerprint density at radius 2 is 1.09 bits per heavy atom. The molecule has 12 rings (SSSR count). The molecule has 0 spiro atoms. The van der Waals surface area contributed by atoms with Gasteiger partial charge in [-0.2, -0.15) is 33.7 Å². The minimum absolute atomic E-state index is 0.00784. The van der Waals surface area contributed by atoms with Crippen LogP contribution in [0.3, 0.4) is 0 Å². The molecule has 0 aliphatic heterocycles. The van der Waals surface area contributed by atoms with E-state index in [2.05, 4.69) is 49.3 Å². The van der Waals surface area contributed by atoms with Crippen LogP contribution < -0.4 is 10.6 Å². The highest BCUT2D eigenvalue weighted by molar-refractivity contribution is 7.98. The van der Waals surface area contributed by atoms with Gasteiger partial charge in [0.05, 0.1) is 47.4 Å².